The summed E-state index contributed by atoms with van der Waals surface area (Å²) >= 11 is 0. The van der Waals surface area contributed by atoms with Crippen LogP contribution < -0.4 is 0 Å². The molecule has 0 N–H and O–H groups in total. The molecule has 1 aromatic heterocycles. The summed E-state index contributed by atoms with van der Waals surface area (Å²) in [6.07, 6.45) is 3.10. The molecule has 1 aromatic carbocycles. The number of nitro groups is 1. The predicted octanol–water partition coefficient (Wildman–Crippen LogP) is 3.14. The molecular weight excluding hydrogens is 388 g/mol. The van der Waals surface area contributed by atoms with E-state index in [2.05, 4.69) is 15.0 Å². The highest BCUT2D eigenvalue weighted by atomic mass is 16.6. The van der Waals surface area contributed by atoms with Crippen LogP contribution >= 0.6 is 0 Å². The van der Waals surface area contributed by atoms with Gasteiger partial charge in [0.1, 0.15) is 11.9 Å². The van der Waals surface area contributed by atoms with E-state index in [1.807, 2.05) is 20.8 Å². The number of hydrogen-bond acceptors (Lipinski definition) is 7. The Bertz CT molecular complexity index is 881. The number of amides is 1. The van der Waals surface area contributed by atoms with E-state index in [1.54, 1.807) is 35.1 Å². The van der Waals surface area contributed by atoms with Gasteiger partial charge in [-0.2, -0.15) is 0 Å². The first-order valence-corrected chi connectivity index (χ1v) is 9.95. The molecule has 10 heteroatoms. The maximum atomic E-state index is 12.3. The topological polar surface area (TPSA) is 107 Å². The van der Waals surface area contributed by atoms with Crippen LogP contribution in [0.2, 0.25) is 0 Å². The molecular formula is C20H28N6O4. The highest BCUT2D eigenvalue weighted by Crippen LogP contribution is 2.21. The maximum Gasteiger partial charge on any atom is 0.410 e. The van der Waals surface area contributed by atoms with E-state index in [0.29, 0.717) is 12.5 Å². The molecule has 0 saturated carbocycles. The molecule has 2 heterocycles. The second kappa shape index (κ2) is 8.78. The van der Waals surface area contributed by atoms with Crippen molar-refractivity contribution < 1.29 is 14.5 Å². The summed E-state index contributed by atoms with van der Waals surface area (Å²) in [5.74, 6) is 0.532. The van der Waals surface area contributed by atoms with Crippen molar-refractivity contribution in [1.82, 2.24) is 24.6 Å². The lowest BCUT2D eigenvalue weighted by molar-refractivity contribution is -0.384. The molecule has 162 valence electrons. The smallest absolute Gasteiger partial charge is 0.410 e. The second-order valence-electron chi connectivity index (χ2n) is 8.49. The van der Waals surface area contributed by atoms with Crippen molar-refractivity contribution in [2.75, 3.05) is 20.1 Å². The maximum absolute atomic E-state index is 12.3. The number of benzene rings is 1. The Morgan fingerprint density at radius 3 is 2.47 bits per heavy atom. The minimum atomic E-state index is -0.499. The summed E-state index contributed by atoms with van der Waals surface area (Å²) in [6.45, 7) is 7.87. The molecule has 30 heavy (non-hydrogen) atoms. The molecule has 1 saturated heterocycles. The van der Waals surface area contributed by atoms with Crippen molar-refractivity contribution >= 4 is 11.8 Å². The quantitative estimate of drug-likeness (QED) is 0.544. The molecule has 1 aliphatic heterocycles. The first-order valence-electron chi connectivity index (χ1n) is 9.95. The van der Waals surface area contributed by atoms with Gasteiger partial charge in [0.25, 0.3) is 5.69 Å². The molecule has 10 nitrogen and oxygen atoms in total. The number of nitrogens with zero attached hydrogens (tertiary/aromatic N) is 6. The van der Waals surface area contributed by atoms with Crippen LogP contribution in [0.3, 0.4) is 0 Å². The van der Waals surface area contributed by atoms with Gasteiger partial charge in [-0.1, -0.05) is 0 Å². The monoisotopic (exact) mass is 416 g/mol. The lowest BCUT2D eigenvalue weighted by atomic mass is 10.0. The van der Waals surface area contributed by atoms with E-state index in [9.17, 15) is 14.9 Å². The van der Waals surface area contributed by atoms with Crippen molar-refractivity contribution in [2.24, 2.45) is 0 Å². The SMILES string of the molecule is CN(C(=O)OC(C)(C)C)C1CCN(Cn2cnc(-c3ccc([N+](=O)[O-])cc3)n2)CC1. The number of nitro benzene ring substituents is 1. The van der Waals surface area contributed by atoms with Crippen molar-refractivity contribution in [1.29, 1.82) is 0 Å². The van der Waals surface area contributed by atoms with Crippen LogP contribution in [-0.2, 0) is 11.4 Å². The van der Waals surface area contributed by atoms with Gasteiger partial charge in [0.2, 0.25) is 0 Å². The Morgan fingerprint density at radius 2 is 1.90 bits per heavy atom. The van der Waals surface area contributed by atoms with Crippen molar-refractivity contribution in [3.05, 3.63) is 40.7 Å². The van der Waals surface area contributed by atoms with Gasteiger partial charge in [0.15, 0.2) is 5.82 Å². The van der Waals surface area contributed by atoms with E-state index in [4.69, 9.17) is 4.74 Å². The fraction of sp³-hybridized carbons (Fsp3) is 0.550. The minimum Gasteiger partial charge on any atom is -0.444 e. The predicted molar refractivity (Wildman–Crippen MR) is 111 cm³/mol. The largest absolute Gasteiger partial charge is 0.444 e. The lowest BCUT2D eigenvalue weighted by Gasteiger charge is -2.37. The second-order valence-corrected chi connectivity index (χ2v) is 8.49. The van der Waals surface area contributed by atoms with Crippen LogP contribution in [0.1, 0.15) is 33.6 Å². The standard InChI is InChI=1S/C20H28N6O4/c1-20(2,3)30-19(27)23(4)16-9-11-24(12-10-16)14-25-13-21-18(22-25)15-5-7-17(8-6-15)26(28)29/h5-8,13,16H,9-12,14H2,1-4H3. The number of piperidine rings is 1. The summed E-state index contributed by atoms with van der Waals surface area (Å²) in [5, 5.41) is 15.3. The summed E-state index contributed by atoms with van der Waals surface area (Å²) < 4.78 is 7.21. The number of ether oxygens (including phenoxy) is 1. The van der Waals surface area contributed by atoms with Gasteiger partial charge in [0.05, 0.1) is 11.6 Å². The van der Waals surface area contributed by atoms with E-state index in [0.717, 1.165) is 31.5 Å². The Labute approximate surface area is 175 Å². The summed E-state index contributed by atoms with van der Waals surface area (Å²) in [5.41, 5.74) is 0.273. The summed E-state index contributed by atoms with van der Waals surface area (Å²) in [7, 11) is 1.79. The molecule has 0 aliphatic carbocycles. The molecule has 0 spiro atoms. The average Bonchev–Trinajstić information content (AvgIpc) is 3.15. The fourth-order valence-corrected chi connectivity index (χ4v) is 3.36. The van der Waals surface area contributed by atoms with Gasteiger partial charge in [-0.05, 0) is 45.7 Å². The van der Waals surface area contributed by atoms with Crippen LogP contribution in [0.5, 0.6) is 0 Å². The van der Waals surface area contributed by atoms with Gasteiger partial charge >= 0.3 is 6.09 Å². The zero-order valence-corrected chi connectivity index (χ0v) is 17.8. The lowest BCUT2D eigenvalue weighted by Crippen LogP contribution is -2.47. The summed E-state index contributed by atoms with van der Waals surface area (Å²) in [6, 6.07) is 6.35. The average molecular weight is 416 g/mol. The molecule has 1 aliphatic rings. The fourth-order valence-electron chi connectivity index (χ4n) is 3.36. The third-order valence-corrected chi connectivity index (χ3v) is 5.00. The molecule has 2 aromatic rings. The van der Waals surface area contributed by atoms with Crippen molar-refractivity contribution in [3.8, 4) is 11.4 Å². The Hall–Kier alpha value is -3.01. The zero-order chi connectivity index (χ0) is 21.9. The third-order valence-electron chi connectivity index (χ3n) is 5.00. The number of likely N-dealkylation sites (tertiary alicyclic amines) is 1. The number of carbonyl (C=O) groups excluding carboxylic acids is 1. The van der Waals surface area contributed by atoms with Crippen LogP contribution in [0.15, 0.2) is 30.6 Å². The van der Waals surface area contributed by atoms with Crippen LogP contribution in [0.25, 0.3) is 11.4 Å². The minimum absolute atomic E-state index is 0.0393. The number of carbonyl (C=O) groups is 1. The number of non-ortho nitro benzene ring substituents is 1. The molecule has 3 rings (SSSR count). The first-order chi connectivity index (χ1) is 14.1. The van der Waals surface area contributed by atoms with Crippen molar-refractivity contribution in [2.45, 2.75) is 51.9 Å². The molecule has 0 atom stereocenters. The number of hydrogen-bond donors (Lipinski definition) is 0. The van der Waals surface area contributed by atoms with Crippen LogP contribution in [0, 0.1) is 10.1 Å². The van der Waals surface area contributed by atoms with Gasteiger partial charge in [0, 0.05) is 43.9 Å². The van der Waals surface area contributed by atoms with Crippen molar-refractivity contribution in [3.63, 3.8) is 0 Å². The molecule has 0 unspecified atom stereocenters. The number of aromatic nitrogens is 3. The van der Waals surface area contributed by atoms with Gasteiger partial charge < -0.3 is 9.64 Å². The molecule has 0 bridgehead atoms. The van der Waals surface area contributed by atoms with E-state index in [1.165, 1.54) is 12.1 Å². The zero-order valence-electron chi connectivity index (χ0n) is 17.8. The molecule has 1 amide bonds. The highest BCUT2D eigenvalue weighted by molar-refractivity contribution is 5.68. The number of rotatable bonds is 5. The third kappa shape index (κ3) is 5.53. The first kappa shape index (κ1) is 21.7. The van der Waals surface area contributed by atoms with Crippen LogP contribution in [0.4, 0.5) is 10.5 Å². The normalized spacial score (nSPS) is 15.7. The Balaban J connectivity index is 1.52. The molecule has 0 radical (unpaired) electrons. The van der Waals surface area contributed by atoms with E-state index >= 15 is 0 Å². The van der Waals surface area contributed by atoms with Gasteiger partial charge in [-0.15, -0.1) is 5.10 Å². The van der Waals surface area contributed by atoms with Gasteiger partial charge in [-0.25, -0.2) is 14.5 Å². The summed E-state index contributed by atoms with van der Waals surface area (Å²) in [4.78, 5) is 30.9. The molecule has 1 fully saturated rings. The van der Waals surface area contributed by atoms with E-state index in [-0.39, 0.29) is 17.8 Å². The Kier molecular flexibility index (Phi) is 6.35. The van der Waals surface area contributed by atoms with Gasteiger partial charge in [-0.3, -0.25) is 15.0 Å². The highest BCUT2D eigenvalue weighted by Gasteiger charge is 2.28. The van der Waals surface area contributed by atoms with E-state index < -0.39 is 10.5 Å². The van der Waals surface area contributed by atoms with Crippen LogP contribution in [-0.4, -0.2) is 67.4 Å². The Morgan fingerprint density at radius 1 is 1.27 bits per heavy atom.